The number of thioether (sulfide) groups is 1. The minimum atomic E-state index is -4.58. The predicted octanol–water partition coefficient (Wildman–Crippen LogP) is 7.85. The lowest BCUT2D eigenvalue weighted by atomic mass is 10.1. The van der Waals surface area contributed by atoms with Gasteiger partial charge in [0.05, 0.1) is 5.52 Å². The number of aryl methyl sites for hydroxylation is 2. The van der Waals surface area contributed by atoms with E-state index in [9.17, 15) is 18.0 Å². The Labute approximate surface area is 204 Å². The van der Waals surface area contributed by atoms with Gasteiger partial charge < -0.3 is 0 Å². The van der Waals surface area contributed by atoms with Crippen molar-refractivity contribution in [3.05, 3.63) is 80.5 Å². The lowest BCUT2D eigenvalue weighted by Gasteiger charge is -2.13. The molecule has 34 heavy (non-hydrogen) atoms. The Morgan fingerprint density at radius 2 is 1.82 bits per heavy atom. The first-order valence-corrected chi connectivity index (χ1v) is 12.9. The Balaban J connectivity index is 1.92. The van der Waals surface area contributed by atoms with Crippen LogP contribution in [0.1, 0.15) is 41.3 Å². The molecule has 0 N–H and O–H groups in total. The van der Waals surface area contributed by atoms with Gasteiger partial charge in [-0.3, -0.25) is 9.36 Å². The van der Waals surface area contributed by atoms with Crippen LogP contribution in [0.2, 0.25) is 0 Å². The highest BCUT2D eigenvalue weighted by molar-refractivity contribution is 7.98. The first-order valence-electron chi connectivity index (χ1n) is 11.1. The zero-order valence-corrected chi connectivity index (χ0v) is 20.8. The molecule has 0 fully saturated rings. The van der Waals surface area contributed by atoms with Gasteiger partial charge in [-0.25, -0.2) is 4.98 Å². The molecule has 0 amide bonds. The van der Waals surface area contributed by atoms with Crippen LogP contribution >= 0.6 is 23.1 Å². The van der Waals surface area contributed by atoms with E-state index in [2.05, 4.69) is 6.07 Å². The number of alkyl halides is 3. The smallest absolute Gasteiger partial charge is 0.286 e. The molecule has 178 valence electrons. The van der Waals surface area contributed by atoms with Crippen LogP contribution in [-0.2, 0) is 18.5 Å². The fourth-order valence-corrected chi connectivity index (χ4v) is 5.99. The van der Waals surface area contributed by atoms with Crippen LogP contribution < -0.4 is 5.56 Å². The van der Waals surface area contributed by atoms with E-state index in [4.69, 9.17) is 4.98 Å². The summed E-state index contributed by atoms with van der Waals surface area (Å²) < 4.78 is 43.7. The van der Waals surface area contributed by atoms with Gasteiger partial charge in [0.1, 0.15) is 9.58 Å². The first kappa shape index (κ1) is 24.5. The average molecular weight is 503 g/mol. The molecule has 0 aliphatic rings. The number of hydrogen-bond acceptors (Lipinski definition) is 4. The standard InChI is InChI=1S/C26H25F3N2OS2/c1-4-5-13-31-24(32)22-21(30-25(31)33-15-19-14-16(2)11-12-17(19)3)20(18-9-7-6-8-10-18)23(34-22)26(27,28)29/h6-12,14H,4-5,13,15H2,1-3H3. The SMILES string of the molecule is CCCCn1c(SCc2cc(C)ccc2C)nc2c(-c3ccccc3)c(C(F)(F)F)sc2c1=O. The highest BCUT2D eigenvalue weighted by atomic mass is 32.2. The van der Waals surface area contributed by atoms with Crippen molar-refractivity contribution in [2.45, 2.75) is 57.2 Å². The molecule has 0 spiro atoms. The van der Waals surface area contributed by atoms with E-state index in [-0.39, 0.29) is 15.8 Å². The van der Waals surface area contributed by atoms with Crippen molar-refractivity contribution in [3.8, 4) is 11.1 Å². The van der Waals surface area contributed by atoms with Crippen LogP contribution in [0.4, 0.5) is 13.2 Å². The molecule has 0 atom stereocenters. The summed E-state index contributed by atoms with van der Waals surface area (Å²) in [5.41, 5.74) is 3.50. The molecule has 0 bridgehead atoms. The van der Waals surface area contributed by atoms with E-state index in [1.807, 2.05) is 32.9 Å². The number of fused-ring (bicyclic) bond motifs is 1. The van der Waals surface area contributed by atoms with Gasteiger partial charge in [-0.15, -0.1) is 11.3 Å². The zero-order chi connectivity index (χ0) is 24.5. The molecule has 0 aliphatic heterocycles. The Bertz CT molecular complexity index is 1380. The highest BCUT2D eigenvalue weighted by Gasteiger charge is 2.38. The second-order valence-electron chi connectivity index (χ2n) is 8.27. The molecular weight excluding hydrogens is 477 g/mol. The Morgan fingerprint density at radius 1 is 1.09 bits per heavy atom. The molecule has 0 radical (unpaired) electrons. The Hall–Kier alpha value is -2.58. The second-order valence-corrected chi connectivity index (χ2v) is 10.2. The molecule has 0 unspecified atom stereocenters. The maximum Gasteiger partial charge on any atom is 0.426 e. The molecule has 4 aromatic rings. The van der Waals surface area contributed by atoms with Crippen molar-refractivity contribution in [1.29, 1.82) is 0 Å². The summed E-state index contributed by atoms with van der Waals surface area (Å²) in [7, 11) is 0. The van der Waals surface area contributed by atoms with Gasteiger partial charge in [0.15, 0.2) is 5.16 Å². The fourth-order valence-electron chi connectivity index (χ4n) is 3.83. The minimum Gasteiger partial charge on any atom is -0.286 e. The lowest BCUT2D eigenvalue weighted by Crippen LogP contribution is -2.22. The molecule has 2 aromatic carbocycles. The number of thiophene rings is 1. The Kier molecular flexibility index (Phi) is 7.19. The first-order chi connectivity index (χ1) is 16.2. The van der Waals surface area contributed by atoms with E-state index in [1.165, 1.54) is 11.8 Å². The molecule has 2 heterocycles. The normalized spacial score (nSPS) is 11.9. The van der Waals surface area contributed by atoms with Gasteiger partial charge in [-0.05, 0) is 37.0 Å². The van der Waals surface area contributed by atoms with Crippen LogP contribution in [0, 0.1) is 13.8 Å². The number of nitrogens with zero attached hydrogens (tertiary/aromatic N) is 2. The number of halogens is 3. The fraction of sp³-hybridized carbons (Fsp3) is 0.308. The maximum atomic E-state index is 14.0. The third kappa shape index (κ3) is 4.93. The largest absolute Gasteiger partial charge is 0.426 e. The van der Waals surface area contributed by atoms with Gasteiger partial charge in [0, 0.05) is 17.9 Å². The third-order valence-corrected chi connectivity index (χ3v) is 7.91. The molecule has 0 aliphatic carbocycles. The van der Waals surface area contributed by atoms with Crippen LogP contribution in [-0.4, -0.2) is 9.55 Å². The van der Waals surface area contributed by atoms with E-state index in [0.717, 1.165) is 29.5 Å². The average Bonchev–Trinajstić information content (AvgIpc) is 3.20. The molecule has 2 aromatic heterocycles. The van der Waals surface area contributed by atoms with Crippen LogP contribution in [0.15, 0.2) is 58.5 Å². The van der Waals surface area contributed by atoms with Gasteiger partial charge in [-0.1, -0.05) is 79.2 Å². The second kappa shape index (κ2) is 9.96. The quantitative estimate of drug-likeness (QED) is 0.191. The number of hydrogen-bond donors (Lipinski definition) is 0. The van der Waals surface area contributed by atoms with Gasteiger partial charge in [0.2, 0.25) is 0 Å². The highest BCUT2D eigenvalue weighted by Crippen LogP contribution is 2.46. The summed E-state index contributed by atoms with van der Waals surface area (Å²) >= 11 is 1.90. The van der Waals surface area contributed by atoms with Crippen molar-refractivity contribution in [1.82, 2.24) is 9.55 Å². The van der Waals surface area contributed by atoms with E-state index >= 15 is 0 Å². The number of aromatic nitrogens is 2. The molecule has 0 saturated heterocycles. The number of benzene rings is 2. The summed E-state index contributed by atoms with van der Waals surface area (Å²) in [6, 6.07) is 14.6. The van der Waals surface area contributed by atoms with Crippen molar-refractivity contribution in [2.24, 2.45) is 0 Å². The summed E-state index contributed by atoms with van der Waals surface area (Å²) in [6.07, 6.45) is -2.98. The van der Waals surface area contributed by atoms with Gasteiger partial charge >= 0.3 is 6.18 Å². The van der Waals surface area contributed by atoms with Crippen molar-refractivity contribution < 1.29 is 13.2 Å². The maximum absolute atomic E-state index is 14.0. The van der Waals surface area contributed by atoms with Crippen LogP contribution in [0.3, 0.4) is 0 Å². The molecule has 4 rings (SSSR count). The summed E-state index contributed by atoms with van der Waals surface area (Å²) in [6.45, 7) is 6.48. The molecule has 0 saturated carbocycles. The number of unbranched alkanes of at least 4 members (excludes halogenated alkanes) is 1. The lowest BCUT2D eigenvalue weighted by molar-refractivity contribution is -0.133. The van der Waals surface area contributed by atoms with Crippen molar-refractivity contribution in [3.63, 3.8) is 0 Å². The summed E-state index contributed by atoms with van der Waals surface area (Å²) in [5.74, 6) is 0.578. The van der Waals surface area contributed by atoms with E-state index in [1.54, 1.807) is 34.9 Å². The Morgan fingerprint density at radius 3 is 2.50 bits per heavy atom. The number of rotatable bonds is 7. The van der Waals surface area contributed by atoms with Gasteiger partial charge in [-0.2, -0.15) is 13.2 Å². The topological polar surface area (TPSA) is 34.9 Å². The molecular formula is C26H25F3N2OS2. The zero-order valence-electron chi connectivity index (χ0n) is 19.2. The van der Waals surface area contributed by atoms with Crippen molar-refractivity contribution >= 4 is 33.3 Å². The molecule has 8 heteroatoms. The van der Waals surface area contributed by atoms with Gasteiger partial charge in [0.25, 0.3) is 5.56 Å². The van der Waals surface area contributed by atoms with Crippen molar-refractivity contribution in [2.75, 3.05) is 0 Å². The van der Waals surface area contributed by atoms with E-state index < -0.39 is 16.6 Å². The summed E-state index contributed by atoms with van der Waals surface area (Å²) in [4.78, 5) is 17.4. The summed E-state index contributed by atoms with van der Waals surface area (Å²) in [5, 5.41) is 0.454. The van der Waals surface area contributed by atoms with Crippen LogP contribution in [0.5, 0.6) is 0 Å². The monoisotopic (exact) mass is 502 g/mol. The van der Waals surface area contributed by atoms with E-state index in [0.29, 0.717) is 34.4 Å². The van der Waals surface area contributed by atoms with Crippen LogP contribution in [0.25, 0.3) is 21.3 Å². The third-order valence-electron chi connectivity index (χ3n) is 5.68. The molecule has 3 nitrogen and oxygen atoms in total. The minimum absolute atomic E-state index is 0.0126. The predicted molar refractivity (Wildman–Crippen MR) is 135 cm³/mol.